The van der Waals surface area contributed by atoms with Gasteiger partial charge in [0.05, 0.1) is 0 Å². The van der Waals surface area contributed by atoms with Gasteiger partial charge >= 0.3 is 5.97 Å². The monoisotopic (exact) mass is 200 g/mol. The normalized spacial score (nSPS) is 14.4. The van der Waals surface area contributed by atoms with E-state index in [2.05, 4.69) is 0 Å². The molecule has 0 radical (unpaired) electrons. The minimum Gasteiger partial charge on any atom is -0.459 e. The molecule has 0 aliphatic rings. The lowest BCUT2D eigenvalue weighted by Gasteiger charge is -2.04. The number of ether oxygens (including phenoxy) is 1. The lowest BCUT2D eigenvalue weighted by Crippen LogP contribution is -2.08. The fourth-order valence-electron chi connectivity index (χ4n) is 0.692. The molecule has 0 amide bonds. The summed E-state index contributed by atoms with van der Waals surface area (Å²) in [6, 6.07) is 0. The van der Waals surface area contributed by atoms with Crippen LogP contribution in [0.4, 0.5) is 0 Å². The maximum atomic E-state index is 10.5. The van der Waals surface area contributed by atoms with Crippen molar-refractivity contribution < 1.29 is 9.53 Å². The van der Waals surface area contributed by atoms with Crippen molar-refractivity contribution >= 4 is 17.6 Å². The van der Waals surface area contributed by atoms with Gasteiger partial charge in [0, 0.05) is 12.5 Å². The lowest BCUT2D eigenvalue weighted by molar-refractivity contribution is -0.143. The van der Waals surface area contributed by atoms with Gasteiger partial charge in [-0.3, -0.25) is 4.79 Å². The number of allylic oxidation sites excluding steroid dienone is 4. The summed E-state index contributed by atoms with van der Waals surface area (Å²) in [4.78, 5) is 10.5. The maximum absolute atomic E-state index is 10.5. The minimum atomic E-state index is -0.276. The van der Waals surface area contributed by atoms with Crippen LogP contribution in [0.5, 0.6) is 0 Å². The van der Waals surface area contributed by atoms with Crippen molar-refractivity contribution in [1.29, 1.82) is 0 Å². The molecule has 0 fully saturated rings. The molecule has 0 bridgehead atoms. The Morgan fingerprint density at radius 2 is 1.92 bits per heavy atom. The Labute approximate surface area is 83.5 Å². The standard InChI is InChI=1S/C10H13ClO2/c1-9(13-10(2)12)7-5-3-4-6-8-11/h3-9H,1-2H3/b4-3+,7-5+,8-6+. The first-order valence-electron chi connectivity index (χ1n) is 3.94. The second-order valence-corrected chi connectivity index (χ2v) is 2.65. The van der Waals surface area contributed by atoms with Gasteiger partial charge in [-0.25, -0.2) is 0 Å². The number of carbonyl (C=O) groups excluding carboxylic acids is 1. The van der Waals surface area contributed by atoms with Gasteiger partial charge < -0.3 is 4.74 Å². The third-order valence-corrected chi connectivity index (χ3v) is 1.29. The van der Waals surface area contributed by atoms with Crippen LogP contribution in [0.25, 0.3) is 0 Å². The largest absolute Gasteiger partial charge is 0.459 e. The molecule has 0 aliphatic heterocycles. The van der Waals surface area contributed by atoms with Crippen molar-refractivity contribution in [3.63, 3.8) is 0 Å². The molecule has 0 aromatic heterocycles. The molecular weight excluding hydrogens is 188 g/mol. The number of hydrogen-bond acceptors (Lipinski definition) is 2. The summed E-state index contributed by atoms with van der Waals surface area (Å²) in [5, 5.41) is 0. The van der Waals surface area contributed by atoms with Crippen molar-refractivity contribution in [3.05, 3.63) is 35.9 Å². The van der Waals surface area contributed by atoms with Gasteiger partial charge in [-0.1, -0.05) is 35.9 Å². The SMILES string of the molecule is CC(=O)OC(C)/C=C/C=C/C=C/Cl. The van der Waals surface area contributed by atoms with Crippen molar-refractivity contribution in [2.45, 2.75) is 20.0 Å². The minimum absolute atomic E-state index is 0.192. The van der Waals surface area contributed by atoms with Crippen LogP contribution < -0.4 is 0 Å². The van der Waals surface area contributed by atoms with Crippen LogP contribution in [0.3, 0.4) is 0 Å². The molecule has 0 rings (SSSR count). The fraction of sp³-hybridized carbons (Fsp3) is 0.300. The second kappa shape index (κ2) is 7.62. The topological polar surface area (TPSA) is 26.3 Å². The second-order valence-electron chi connectivity index (χ2n) is 2.40. The van der Waals surface area contributed by atoms with Crippen molar-refractivity contribution in [3.8, 4) is 0 Å². The van der Waals surface area contributed by atoms with E-state index < -0.39 is 0 Å². The molecule has 2 nitrogen and oxygen atoms in total. The van der Waals surface area contributed by atoms with Gasteiger partial charge in [0.25, 0.3) is 0 Å². The first-order chi connectivity index (χ1) is 6.16. The Balaban J connectivity index is 3.77. The predicted octanol–water partition coefficient (Wildman–Crippen LogP) is 2.80. The van der Waals surface area contributed by atoms with Crippen LogP contribution in [0.2, 0.25) is 0 Å². The van der Waals surface area contributed by atoms with E-state index in [1.807, 2.05) is 0 Å². The van der Waals surface area contributed by atoms with Crippen LogP contribution in [0.1, 0.15) is 13.8 Å². The summed E-state index contributed by atoms with van der Waals surface area (Å²) in [5.74, 6) is -0.276. The molecule has 0 N–H and O–H groups in total. The number of halogens is 1. The van der Waals surface area contributed by atoms with Crippen LogP contribution in [0, 0.1) is 0 Å². The number of hydrogen-bond donors (Lipinski definition) is 0. The van der Waals surface area contributed by atoms with Gasteiger partial charge in [-0.15, -0.1) is 0 Å². The molecule has 0 spiro atoms. The molecule has 13 heavy (non-hydrogen) atoms. The first kappa shape index (κ1) is 12.0. The molecule has 1 unspecified atom stereocenters. The van der Waals surface area contributed by atoms with E-state index in [0.29, 0.717) is 0 Å². The Bertz CT molecular complexity index is 229. The van der Waals surface area contributed by atoms with E-state index in [9.17, 15) is 4.79 Å². The average Bonchev–Trinajstić information content (AvgIpc) is 2.02. The van der Waals surface area contributed by atoms with Crippen LogP contribution in [-0.2, 0) is 9.53 Å². The zero-order valence-electron chi connectivity index (χ0n) is 7.74. The highest BCUT2D eigenvalue weighted by Crippen LogP contribution is 1.93. The molecule has 1 atom stereocenters. The number of esters is 1. The van der Waals surface area contributed by atoms with E-state index in [1.54, 1.807) is 37.3 Å². The Morgan fingerprint density at radius 3 is 2.46 bits per heavy atom. The Hall–Kier alpha value is -1.02. The van der Waals surface area contributed by atoms with Gasteiger partial charge in [0.2, 0.25) is 0 Å². The zero-order valence-corrected chi connectivity index (χ0v) is 8.49. The van der Waals surface area contributed by atoms with Crippen molar-refractivity contribution in [2.24, 2.45) is 0 Å². The first-order valence-corrected chi connectivity index (χ1v) is 4.38. The number of rotatable bonds is 4. The molecule has 0 aromatic rings. The number of carbonyl (C=O) groups is 1. The molecule has 72 valence electrons. The van der Waals surface area contributed by atoms with E-state index >= 15 is 0 Å². The average molecular weight is 201 g/mol. The summed E-state index contributed by atoms with van der Waals surface area (Å²) < 4.78 is 4.85. The van der Waals surface area contributed by atoms with Gasteiger partial charge in [0.1, 0.15) is 6.10 Å². The fourth-order valence-corrected chi connectivity index (χ4v) is 0.776. The van der Waals surface area contributed by atoms with Crippen LogP contribution in [0.15, 0.2) is 35.9 Å². The highest BCUT2D eigenvalue weighted by Gasteiger charge is 1.97. The molecule has 0 saturated heterocycles. The van der Waals surface area contributed by atoms with E-state index in [-0.39, 0.29) is 12.1 Å². The van der Waals surface area contributed by atoms with Crippen LogP contribution >= 0.6 is 11.6 Å². The Morgan fingerprint density at radius 1 is 1.31 bits per heavy atom. The summed E-state index contributed by atoms with van der Waals surface area (Å²) in [6.45, 7) is 3.18. The van der Waals surface area contributed by atoms with E-state index in [1.165, 1.54) is 12.5 Å². The van der Waals surface area contributed by atoms with E-state index in [4.69, 9.17) is 16.3 Å². The van der Waals surface area contributed by atoms with Gasteiger partial charge in [-0.05, 0) is 13.0 Å². The molecule has 0 aliphatic carbocycles. The third-order valence-electron chi connectivity index (χ3n) is 1.14. The lowest BCUT2D eigenvalue weighted by atomic mass is 10.3. The summed E-state index contributed by atoms with van der Waals surface area (Å²) >= 11 is 5.29. The highest BCUT2D eigenvalue weighted by atomic mass is 35.5. The molecule has 0 saturated carbocycles. The van der Waals surface area contributed by atoms with E-state index in [0.717, 1.165) is 0 Å². The summed E-state index contributed by atoms with van der Waals surface area (Å²) in [6.07, 6.45) is 8.66. The van der Waals surface area contributed by atoms with Crippen molar-refractivity contribution in [2.75, 3.05) is 0 Å². The molecule has 0 heterocycles. The third kappa shape index (κ3) is 8.89. The maximum Gasteiger partial charge on any atom is 0.303 e. The highest BCUT2D eigenvalue weighted by molar-refractivity contribution is 6.25. The smallest absolute Gasteiger partial charge is 0.303 e. The zero-order chi connectivity index (χ0) is 10.1. The molecular formula is C10H13ClO2. The van der Waals surface area contributed by atoms with Gasteiger partial charge in [0.15, 0.2) is 0 Å². The quantitative estimate of drug-likeness (QED) is 0.515. The predicted molar refractivity (Wildman–Crippen MR) is 54.5 cm³/mol. The summed E-state index contributed by atoms with van der Waals surface area (Å²) in [7, 11) is 0. The molecule has 0 aromatic carbocycles. The van der Waals surface area contributed by atoms with Crippen LogP contribution in [-0.4, -0.2) is 12.1 Å². The molecule has 3 heteroatoms. The van der Waals surface area contributed by atoms with Crippen molar-refractivity contribution in [1.82, 2.24) is 0 Å². The Kier molecular flexibility index (Phi) is 7.02. The van der Waals surface area contributed by atoms with Gasteiger partial charge in [-0.2, -0.15) is 0 Å². The summed E-state index contributed by atoms with van der Waals surface area (Å²) in [5.41, 5.74) is 1.42.